The molecule has 0 saturated carbocycles. The molecule has 0 unspecified atom stereocenters. The first-order valence-electron chi connectivity index (χ1n) is 6.37. The SMILES string of the molecule is O=C(OCc1ccccc1)N1CC[C@]2(CCO2)C1. The van der Waals surface area contributed by atoms with Gasteiger partial charge in [0, 0.05) is 13.0 Å². The Hall–Kier alpha value is -1.55. The molecule has 0 N–H and O–H groups in total. The van der Waals surface area contributed by atoms with Crippen LogP contribution in [0.4, 0.5) is 4.79 Å². The largest absolute Gasteiger partial charge is 0.445 e. The third-order valence-electron chi connectivity index (χ3n) is 3.75. The molecular weight excluding hydrogens is 230 g/mol. The Kier molecular flexibility index (Phi) is 2.96. The van der Waals surface area contributed by atoms with E-state index < -0.39 is 0 Å². The second kappa shape index (κ2) is 4.61. The quantitative estimate of drug-likeness (QED) is 0.804. The van der Waals surface area contributed by atoms with Crippen LogP contribution in [0.5, 0.6) is 0 Å². The van der Waals surface area contributed by atoms with Crippen molar-refractivity contribution in [1.82, 2.24) is 4.90 Å². The molecule has 2 fully saturated rings. The molecule has 4 heteroatoms. The van der Waals surface area contributed by atoms with Crippen molar-refractivity contribution in [2.24, 2.45) is 0 Å². The third-order valence-corrected chi connectivity index (χ3v) is 3.75. The molecule has 4 nitrogen and oxygen atoms in total. The van der Waals surface area contributed by atoms with Crippen molar-refractivity contribution < 1.29 is 14.3 Å². The molecule has 0 radical (unpaired) electrons. The van der Waals surface area contributed by atoms with Crippen molar-refractivity contribution in [1.29, 1.82) is 0 Å². The van der Waals surface area contributed by atoms with Crippen molar-refractivity contribution in [3.8, 4) is 0 Å². The number of ether oxygens (including phenoxy) is 2. The summed E-state index contributed by atoms with van der Waals surface area (Å²) < 4.78 is 10.9. The van der Waals surface area contributed by atoms with E-state index in [4.69, 9.17) is 9.47 Å². The number of carbonyl (C=O) groups is 1. The Morgan fingerprint density at radius 1 is 1.33 bits per heavy atom. The van der Waals surface area contributed by atoms with Crippen molar-refractivity contribution in [2.45, 2.75) is 25.0 Å². The number of amides is 1. The lowest BCUT2D eigenvalue weighted by Gasteiger charge is -2.38. The average molecular weight is 247 g/mol. The minimum absolute atomic E-state index is 0.0498. The zero-order valence-electron chi connectivity index (χ0n) is 10.3. The minimum atomic E-state index is -0.230. The molecule has 96 valence electrons. The number of benzene rings is 1. The summed E-state index contributed by atoms with van der Waals surface area (Å²) in [5, 5.41) is 0. The van der Waals surface area contributed by atoms with Gasteiger partial charge in [-0.1, -0.05) is 30.3 Å². The predicted octanol–water partition coefficient (Wildman–Crippen LogP) is 2.19. The molecule has 1 amide bonds. The normalized spacial score (nSPS) is 26.1. The standard InChI is InChI=1S/C14H17NO3/c16-13(17-10-12-4-2-1-3-5-12)15-8-6-14(11-15)7-9-18-14/h1-5H,6-11H2/t14-/m0/s1. The number of hydrogen-bond donors (Lipinski definition) is 0. The van der Waals surface area contributed by atoms with E-state index in [2.05, 4.69) is 0 Å². The molecule has 0 bridgehead atoms. The molecule has 1 spiro atoms. The van der Waals surface area contributed by atoms with Gasteiger partial charge >= 0.3 is 6.09 Å². The maximum atomic E-state index is 11.9. The van der Waals surface area contributed by atoms with Crippen molar-refractivity contribution in [3.05, 3.63) is 35.9 Å². The van der Waals surface area contributed by atoms with Gasteiger partial charge in [0.1, 0.15) is 6.61 Å². The molecule has 0 aliphatic carbocycles. The maximum absolute atomic E-state index is 11.9. The van der Waals surface area contributed by atoms with Crippen LogP contribution >= 0.6 is 0 Å². The van der Waals surface area contributed by atoms with Gasteiger partial charge in [-0.3, -0.25) is 0 Å². The van der Waals surface area contributed by atoms with Crippen molar-refractivity contribution in [3.63, 3.8) is 0 Å². The zero-order valence-corrected chi connectivity index (χ0v) is 10.3. The molecule has 3 rings (SSSR count). The smallest absolute Gasteiger partial charge is 0.410 e. The highest BCUT2D eigenvalue weighted by Crippen LogP contribution is 2.35. The van der Waals surface area contributed by atoms with Gasteiger partial charge in [-0.25, -0.2) is 4.79 Å². The highest BCUT2D eigenvalue weighted by atomic mass is 16.6. The Morgan fingerprint density at radius 2 is 2.11 bits per heavy atom. The van der Waals surface area contributed by atoms with E-state index in [9.17, 15) is 4.79 Å². The highest BCUT2D eigenvalue weighted by Gasteiger charge is 2.46. The van der Waals surface area contributed by atoms with Crippen LogP contribution in [0.15, 0.2) is 30.3 Å². The number of rotatable bonds is 2. The molecule has 18 heavy (non-hydrogen) atoms. The Labute approximate surface area is 106 Å². The molecule has 1 aromatic rings. The lowest BCUT2D eigenvalue weighted by molar-refractivity contribution is -0.136. The minimum Gasteiger partial charge on any atom is -0.445 e. The topological polar surface area (TPSA) is 38.8 Å². The van der Waals surface area contributed by atoms with Crippen LogP contribution < -0.4 is 0 Å². The number of nitrogens with zero attached hydrogens (tertiary/aromatic N) is 1. The van der Waals surface area contributed by atoms with Gasteiger partial charge < -0.3 is 14.4 Å². The van der Waals surface area contributed by atoms with E-state index in [-0.39, 0.29) is 11.7 Å². The summed E-state index contributed by atoms with van der Waals surface area (Å²) in [5.74, 6) is 0. The summed E-state index contributed by atoms with van der Waals surface area (Å²) in [6.07, 6.45) is 1.77. The third kappa shape index (κ3) is 2.20. The lowest BCUT2D eigenvalue weighted by atomic mass is 9.94. The lowest BCUT2D eigenvalue weighted by Crippen LogP contribution is -2.46. The van der Waals surface area contributed by atoms with Gasteiger partial charge in [0.15, 0.2) is 0 Å². The van der Waals surface area contributed by atoms with E-state index in [0.29, 0.717) is 13.2 Å². The first-order valence-corrected chi connectivity index (χ1v) is 6.37. The van der Waals surface area contributed by atoms with Gasteiger partial charge in [0.25, 0.3) is 0 Å². The molecule has 1 atom stereocenters. The van der Waals surface area contributed by atoms with E-state index in [0.717, 1.165) is 31.6 Å². The Bertz CT molecular complexity index is 428. The second-order valence-corrected chi connectivity index (χ2v) is 4.99. The number of carbonyl (C=O) groups excluding carboxylic acids is 1. The second-order valence-electron chi connectivity index (χ2n) is 4.99. The molecule has 2 heterocycles. The van der Waals surface area contributed by atoms with E-state index in [1.165, 1.54) is 0 Å². The summed E-state index contributed by atoms with van der Waals surface area (Å²) in [7, 11) is 0. The fourth-order valence-electron chi connectivity index (χ4n) is 2.52. The van der Waals surface area contributed by atoms with Crippen molar-refractivity contribution in [2.75, 3.05) is 19.7 Å². The van der Waals surface area contributed by atoms with Crippen LogP contribution in [0.1, 0.15) is 18.4 Å². The fraction of sp³-hybridized carbons (Fsp3) is 0.500. The molecule has 0 aromatic heterocycles. The molecular formula is C14H17NO3. The predicted molar refractivity (Wildman–Crippen MR) is 66.1 cm³/mol. The van der Waals surface area contributed by atoms with Gasteiger partial charge in [-0.05, 0) is 12.0 Å². The summed E-state index contributed by atoms with van der Waals surface area (Å²) in [4.78, 5) is 13.6. The molecule has 1 aromatic carbocycles. The molecule has 2 saturated heterocycles. The van der Waals surface area contributed by atoms with Gasteiger partial charge in [-0.2, -0.15) is 0 Å². The van der Waals surface area contributed by atoms with Crippen LogP contribution in [0, 0.1) is 0 Å². The number of hydrogen-bond acceptors (Lipinski definition) is 3. The zero-order chi connectivity index (χ0) is 12.4. The highest BCUT2D eigenvalue weighted by molar-refractivity contribution is 5.68. The van der Waals surface area contributed by atoms with E-state index >= 15 is 0 Å². The van der Waals surface area contributed by atoms with Crippen LogP contribution in [-0.4, -0.2) is 36.3 Å². The van der Waals surface area contributed by atoms with Crippen LogP contribution in [0.3, 0.4) is 0 Å². The number of likely N-dealkylation sites (tertiary alicyclic amines) is 1. The maximum Gasteiger partial charge on any atom is 0.410 e. The summed E-state index contributed by atoms with van der Waals surface area (Å²) >= 11 is 0. The monoisotopic (exact) mass is 247 g/mol. The average Bonchev–Trinajstić information content (AvgIpc) is 2.82. The summed E-state index contributed by atoms with van der Waals surface area (Å²) in [5.41, 5.74) is 0.964. The first-order chi connectivity index (χ1) is 8.77. The van der Waals surface area contributed by atoms with Crippen LogP contribution in [-0.2, 0) is 16.1 Å². The van der Waals surface area contributed by atoms with Crippen LogP contribution in [0.2, 0.25) is 0 Å². The van der Waals surface area contributed by atoms with Gasteiger partial charge in [0.2, 0.25) is 0 Å². The Balaban J connectivity index is 1.50. The van der Waals surface area contributed by atoms with E-state index in [1.54, 1.807) is 4.90 Å². The van der Waals surface area contributed by atoms with Gasteiger partial charge in [-0.15, -0.1) is 0 Å². The summed E-state index contributed by atoms with van der Waals surface area (Å²) in [6, 6.07) is 9.73. The molecule has 2 aliphatic rings. The summed E-state index contributed by atoms with van der Waals surface area (Å²) in [6.45, 7) is 2.59. The fourth-order valence-corrected chi connectivity index (χ4v) is 2.52. The van der Waals surface area contributed by atoms with Gasteiger partial charge in [0.05, 0.1) is 18.8 Å². The first kappa shape index (κ1) is 11.5. The van der Waals surface area contributed by atoms with E-state index in [1.807, 2.05) is 30.3 Å². The van der Waals surface area contributed by atoms with Crippen molar-refractivity contribution >= 4 is 6.09 Å². The Morgan fingerprint density at radius 3 is 2.72 bits per heavy atom. The molecule has 2 aliphatic heterocycles. The van der Waals surface area contributed by atoms with Crippen LogP contribution in [0.25, 0.3) is 0 Å².